The van der Waals surface area contributed by atoms with E-state index < -0.39 is 0 Å². The molecule has 0 saturated carbocycles. The van der Waals surface area contributed by atoms with Gasteiger partial charge in [0.25, 0.3) is 11.9 Å². The van der Waals surface area contributed by atoms with Gasteiger partial charge in [-0.15, -0.1) is 16.4 Å². The normalized spacial score (nSPS) is 11.6. The van der Waals surface area contributed by atoms with E-state index in [4.69, 9.17) is 4.74 Å². The highest BCUT2D eigenvalue weighted by atomic mass is 32.1. The molecule has 1 N–H and O–H groups in total. The minimum atomic E-state index is -0.276. The van der Waals surface area contributed by atoms with Crippen LogP contribution >= 0.6 is 11.3 Å². The summed E-state index contributed by atoms with van der Waals surface area (Å²) in [4.78, 5) is 18.7. The molecular weight excluding hydrogens is 468 g/mol. The standard InChI is InChI=1S/C29H26N4O2S/c1-4-35-23-13-11-21(12-14-23)17-25(22-8-6-5-7-9-22)27(34)30-28-31-29-33(32-28)26(18-36-29)24-15-10-19(2)16-20(24)3/h5-18H,4H2,1-3H3,(H,30,32,34)/b25-17+. The number of benzene rings is 3. The summed E-state index contributed by atoms with van der Waals surface area (Å²) in [5.41, 5.74) is 6.64. The van der Waals surface area contributed by atoms with Gasteiger partial charge in [0.15, 0.2) is 0 Å². The van der Waals surface area contributed by atoms with Crippen molar-refractivity contribution < 1.29 is 9.53 Å². The Morgan fingerprint density at radius 3 is 2.56 bits per heavy atom. The quantitative estimate of drug-likeness (QED) is 0.203. The third-order valence-corrected chi connectivity index (χ3v) is 6.61. The van der Waals surface area contributed by atoms with Crippen molar-refractivity contribution in [2.45, 2.75) is 20.8 Å². The SMILES string of the molecule is CCOc1ccc(/C=C(/C(=O)Nc2nc3scc(-c4ccc(C)cc4C)n3n2)c2ccccc2)cc1. The first kappa shape index (κ1) is 23.5. The van der Waals surface area contributed by atoms with Gasteiger partial charge in [-0.25, -0.2) is 4.52 Å². The van der Waals surface area contributed by atoms with Crippen molar-refractivity contribution in [3.8, 4) is 17.0 Å². The fraction of sp³-hybridized carbons (Fsp3) is 0.138. The Kier molecular flexibility index (Phi) is 6.64. The molecule has 0 unspecified atom stereocenters. The number of nitrogens with one attached hydrogen (secondary N) is 1. The fourth-order valence-electron chi connectivity index (χ4n) is 4.08. The van der Waals surface area contributed by atoms with Crippen LogP contribution < -0.4 is 10.1 Å². The van der Waals surface area contributed by atoms with Gasteiger partial charge in [0.2, 0.25) is 4.96 Å². The van der Waals surface area contributed by atoms with Crippen LogP contribution in [-0.2, 0) is 4.79 Å². The zero-order valence-electron chi connectivity index (χ0n) is 20.4. The average Bonchev–Trinajstić information content (AvgIpc) is 3.45. The molecule has 5 aromatic rings. The second-order valence-corrected chi connectivity index (χ2v) is 9.29. The second-order valence-electron chi connectivity index (χ2n) is 8.45. The Hall–Kier alpha value is -4.23. The van der Waals surface area contributed by atoms with Crippen LogP contribution in [0.15, 0.2) is 78.2 Å². The fourth-order valence-corrected chi connectivity index (χ4v) is 4.90. The summed E-state index contributed by atoms with van der Waals surface area (Å²) in [5.74, 6) is 0.787. The van der Waals surface area contributed by atoms with Crippen molar-refractivity contribution in [1.29, 1.82) is 0 Å². The van der Waals surface area contributed by atoms with Crippen LogP contribution in [0.25, 0.3) is 27.9 Å². The lowest BCUT2D eigenvalue weighted by Crippen LogP contribution is -2.15. The van der Waals surface area contributed by atoms with Crippen molar-refractivity contribution in [3.63, 3.8) is 0 Å². The zero-order valence-corrected chi connectivity index (χ0v) is 21.2. The molecule has 0 bridgehead atoms. The van der Waals surface area contributed by atoms with E-state index in [1.165, 1.54) is 22.5 Å². The van der Waals surface area contributed by atoms with Gasteiger partial charge < -0.3 is 4.74 Å². The number of carbonyl (C=O) groups excluding carboxylic acids is 1. The van der Waals surface area contributed by atoms with Gasteiger partial charge in [-0.2, -0.15) is 4.98 Å². The van der Waals surface area contributed by atoms with E-state index in [1.807, 2.05) is 73.0 Å². The van der Waals surface area contributed by atoms with E-state index >= 15 is 0 Å². The number of amides is 1. The average molecular weight is 495 g/mol. The molecule has 36 heavy (non-hydrogen) atoms. The first-order valence-corrected chi connectivity index (χ1v) is 12.6. The predicted octanol–water partition coefficient (Wildman–Crippen LogP) is 6.65. The number of aromatic nitrogens is 3. The van der Waals surface area contributed by atoms with E-state index in [1.54, 1.807) is 4.52 Å². The highest BCUT2D eigenvalue weighted by molar-refractivity contribution is 7.15. The molecule has 6 nitrogen and oxygen atoms in total. The van der Waals surface area contributed by atoms with Gasteiger partial charge in [-0.1, -0.05) is 66.2 Å². The number of carbonyl (C=O) groups is 1. The number of rotatable bonds is 7. The van der Waals surface area contributed by atoms with Gasteiger partial charge >= 0.3 is 0 Å². The monoisotopic (exact) mass is 494 g/mol. The van der Waals surface area contributed by atoms with Crippen LogP contribution in [0.3, 0.4) is 0 Å². The molecule has 0 spiro atoms. The number of thiazole rings is 1. The van der Waals surface area contributed by atoms with Crippen LogP contribution in [0.2, 0.25) is 0 Å². The molecule has 0 aliphatic rings. The molecule has 5 rings (SSSR count). The van der Waals surface area contributed by atoms with Gasteiger partial charge in [-0.3, -0.25) is 10.1 Å². The Morgan fingerprint density at radius 2 is 1.83 bits per heavy atom. The van der Waals surface area contributed by atoms with Crippen molar-refractivity contribution in [2.24, 2.45) is 0 Å². The number of aryl methyl sites for hydroxylation is 2. The summed E-state index contributed by atoms with van der Waals surface area (Å²) in [6.07, 6.45) is 1.86. The Balaban J connectivity index is 1.46. The molecule has 0 fully saturated rings. The minimum absolute atomic E-state index is 0.270. The van der Waals surface area contributed by atoms with E-state index in [0.717, 1.165) is 33.1 Å². The summed E-state index contributed by atoms with van der Waals surface area (Å²) in [6, 6.07) is 23.6. The molecule has 0 radical (unpaired) electrons. The zero-order chi connectivity index (χ0) is 25.1. The largest absolute Gasteiger partial charge is 0.494 e. The van der Waals surface area contributed by atoms with E-state index in [-0.39, 0.29) is 11.9 Å². The maximum atomic E-state index is 13.4. The van der Waals surface area contributed by atoms with Crippen LogP contribution in [0.5, 0.6) is 5.75 Å². The highest BCUT2D eigenvalue weighted by Crippen LogP contribution is 2.29. The minimum Gasteiger partial charge on any atom is -0.494 e. The number of hydrogen-bond donors (Lipinski definition) is 1. The molecule has 2 heterocycles. The summed E-state index contributed by atoms with van der Waals surface area (Å²) < 4.78 is 7.32. The molecule has 180 valence electrons. The molecule has 7 heteroatoms. The van der Waals surface area contributed by atoms with Crippen molar-refractivity contribution >= 4 is 39.8 Å². The van der Waals surface area contributed by atoms with E-state index in [0.29, 0.717) is 12.2 Å². The number of ether oxygens (including phenoxy) is 1. The molecule has 0 aliphatic heterocycles. The lowest BCUT2D eigenvalue weighted by Gasteiger charge is -2.08. The lowest BCUT2D eigenvalue weighted by atomic mass is 10.0. The lowest BCUT2D eigenvalue weighted by molar-refractivity contribution is -0.111. The number of hydrogen-bond acceptors (Lipinski definition) is 5. The maximum absolute atomic E-state index is 13.4. The van der Waals surface area contributed by atoms with E-state index in [9.17, 15) is 4.79 Å². The van der Waals surface area contributed by atoms with Crippen molar-refractivity contribution in [1.82, 2.24) is 14.6 Å². The van der Waals surface area contributed by atoms with Crippen LogP contribution in [0.1, 0.15) is 29.2 Å². The Bertz CT molecular complexity index is 1550. The van der Waals surface area contributed by atoms with Gasteiger partial charge in [0, 0.05) is 16.5 Å². The summed E-state index contributed by atoms with van der Waals surface area (Å²) in [7, 11) is 0. The molecule has 3 aromatic carbocycles. The topological polar surface area (TPSA) is 68.5 Å². The molecule has 1 amide bonds. The maximum Gasteiger partial charge on any atom is 0.258 e. The third-order valence-electron chi connectivity index (χ3n) is 5.80. The second kappa shape index (κ2) is 10.2. The van der Waals surface area contributed by atoms with Gasteiger partial charge in [-0.05, 0) is 55.7 Å². The molecule has 0 aliphatic carbocycles. The molecule has 0 atom stereocenters. The van der Waals surface area contributed by atoms with Gasteiger partial charge in [0.1, 0.15) is 5.75 Å². The Morgan fingerprint density at radius 1 is 1.06 bits per heavy atom. The molecule has 2 aromatic heterocycles. The Labute approximate surface area is 213 Å². The highest BCUT2D eigenvalue weighted by Gasteiger charge is 2.18. The van der Waals surface area contributed by atoms with Crippen molar-refractivity contribution in [2.75, 3.05) is 11.9 Å². The third kappa shape index (κ3) is 4.92. The van der Waals surface area contributed by atoms with E-state index in [2.05, 4.69) is 47.4 Å². The first-order chi connectivity index (χ1) is 17.5. The van der Waals surface area contributed by atoms with Gasteiger partial charge in [0.05, 0.1) is 12.3 Å². The summed E-state index contributed by atoms with van der Waals surface area (Å²) in [6.45, 7) is 6.72. The molecule has 0 saturated heterocycles. The summed E-state index contributed by atoms with van der Waals surface area (Å²) in [5, 5.41) is 9.55. The summed E-state index contributed by atoms with van der Waals surface area (Å²) >= 11 is 1.49. The predicted molar refractivity (Wildman–Crippen MR) is 146 cm³/mol. The van der Waals surface area contributed by atoms with Crippen molar-refractivity contribution in [3.05, 3.63) is 100 Å². The number of nitrogens with zero attached hydrogens (tertiary/aromatic N) is 3. The number of anilines is 1. The van der Waals surface area contributed by atoms with Crippen LogP contribution in [0, 0.1) is 13.8 Å². The number of fused-ring (bicyclic) bond motifs is 1. The molecular formula is C29H26N4O2S. The van der Waals surface area contributed by atoms with Crippen LogP contribution in [0.4, 0.5) is 5.95 Å². The smallest absolute Gasteiger partial charge is 0.258 e. The van der Waals surface area contributed by atoms with Crippen LogP contribution in [-0.4, -0.2) is 27.1 Å². The first-order valence-electron chi connectivity index (χ1n) is 11.7.